The molecule has 2 heterocycles. The third-order valence-electron chi connectivity index (χ3n) is 4.78. The molecule has 0 saturated heterocycles. The van der Waals surface area contributed by atoms with Crippen LogP contribution < -0.4 is 0 Å². The summed E-state index contributed by atoms with van der Waals surface area (Å²) in [6, 6.07) is 16.6. The fourth-order valence-electron chi connectivity index (χ4n) is 3.46. The zero-order chi connectivity index (χ0) is 21.3. The lowest BCUT2D eigenvalue weighted by atomic mass is 9.89. The zero-order valence-corrected chi connectivity index (χ0v) is 16.0. The number of allylic oxidation sites excluding steroid dienone is 1. The molecule has 0 bridgehead atoms. The Hall–Kier alpha value is -3.48. The Kier molecular flexibility index (Phi) is 5.11. The van der Waals surface area contributed by atoms with Crippen LogP contribution in [0.5, 0.6) is 0 Å². The molecule has 0 amide bonds. The molecular weight excluding hydrogens is 394 g/mol. The van der Waals surface area contributed by atoms with Crippen molar-refractivity contribution >= 4 is 22.0 Å². The molecule has 0 radical (unpaired) electrons. The number of hydrogen-bond acceptors (Lipinski definition) is 2. The first-order chi connectivity index (χ1) is 14.3. The van der Waals surface area contributed by atoms with Gasteiger partial charge in [-0.05, 0) is 53.5 Å². The molecule has 30 heavy (non-hydrogen) atoms. The average Bonchev–Trinajstić information content (AvgIpc) is 3.08. The van der Waals surface area contributed by atoms with Crippen LogP contribution >= 0.6 is 0 Å². The highest BCUT2D eigenvalue weighted by Crippen LogP contribution is 2.39. The van der Waals surface area contributed by atoms with Gasteiger partial charge in [-0.15, -0.1) is 5.10 Å². The molecule has 0 spiro atoms. The van der Waals surface area contributed by atoms with Gasteiger partial charge in [0.25, 0.3) is 0 Å². The molecular formula is C23H17F4N3. The second-order valence-corrected chi connectivity index (χ2v) is 7.00. The molecule has 0 atom stereocenters. The summed E-state index contributed by atoms with van der Waals surface area (Å²) in [5.74, 6) is -0.708. The van der Waals surface area contributed by atoms with Crippen LogP contribution in [-0.2, 0) is 0 Å². The molecule has 3 nitrogen and oxygen atoms in total. The highest BCUT2D eigenvalue weighted by atomic mass is 19.4. The smallest absolute Gasteiger partial charge is 0.275 e. The number of nitrogens with zero attached hydrogens (tertiary/aromatic N) is 2. The molecule has 152 valence electrons. The summed E-state index contributed by atoms with van der Waals surface area (Å²) in [5.41, 5.74) is 2.96. The summed E-state index contributed by atoms with van der Waals surface area (Å²) in [5, 5.41) is 6.31. The first-order valence-corrected chi connectivity index (χ1v) is 9.24. The molecule has 0 fully saturated rings. The number of fused-ring (bicyclic) bond motifs is 1. The van der Waals surface area contributed by atoms with Gasteiger partial charge in [-0.25, -0.2) is 0 Å². The van der Waals surface area contributed by atoms with Crippen molar-refractivity contribution in [1.29, 1.82) is 0 Å². The lowest BCUT2D eigenvalue weighted by Gasteiger charge is -2.18. The Morgan fingerprint density at radius 1 is 0.967 bits per heavy atom. The van der Waals surface area contributed by atoms with Crippen LogP contribution in [0.2, 0.25) is 0 Å². The van der Waals surface area contributed by atoms with E-state index in [9.17, 15) is 17.6 Å². The van der Waals surface area contributed by atoms with Gasteiger partial charge in [-0.1, -0.05) is 36.4 Å². The number of aromatic nitrogens is 3. The van der Waals surface area contributed by atoms with Crippen LogP contribution in [0.15, 0.2) is 66.9 Å². The second-order valence-electron chi connectivity index (χ2n) is 7.00. The van der Waals surface area contributed by atoms with Crippen molar-refractivity contribution in [3.8, 4) is 0 Å². The van der Waals surface area contributed by atoms with E-state index >= 15 is 0 Å². The highest BCUT2D eigenvalue weighted by Gasteiger charge is 2.32. The van der Waals surface area contributed by atoms with Gasteiger partial charge in [0.1, 0.15) is 0 Å². The van der Waals surface area contributed by atoms with Gasteiger partial charge in [0.05, 0.1) is 23.0 Å². The van der Waals surface area contributed by atoms with Crippen LogP contribution in [0.3, 0.4) is 0 Å². The van der Waals surface area contributed by atoms with Crippen LogP contribution in [0.4, 0.5) is 17.6 Å². The molecule has 0 aliphatic rings. The summed E-state index contributed by atoms with van der Waals surface area (Å²) in [7, 11) is 0. The van der Waals surface area contributed by atoms with Crippen LogP contribution in [0, 0.1) is 12.9 Å². The zero-order valence-electron chi connectivity index (χ0n) is 16.0. The van der Waals surface area contributed by atoms with Gasteiger partial charge in [0.2, 0.25) is 5.95 Å². The first kappa shape index (κ1) is 19.8. The SMILES string of the molecule is Cc1ccnc(/C(=C(/CC(F)(F)F)c2ccccc2)c2ccc3[nH]nc(F)c3c2)c1. The van der Waals surface area contributed by atoms with Crippen molar-refractivity contribution in [3.05, 3.63) is 95.2 Å². The molecule has 7 heteroatoms. The number of nitrogens with one attached hydrogen (secondary N) is 1. The Morgan fingerprint density at radius 3 is 2.43 bits per heavy atom. The molecule has 0 unspecified atom stereocenters. The molecule has 0 aliphatic carbocycles. The summed E-state index contributed by atoms with van der Waals surface area (Å²) in [4.78, 5) is 4.34. The summed E-state index contributed by atoms with van der Waals surface area (Å²) in [6.45, 7) is 1.84. The summed E-state index contributed by atoms with van der Waals surface area (Å²) in [6.07, 6.45) is -4.03. The number of rotatable bonds is 4. The normalized spacial score (nSPS) is 12.8. The van der Waals surface area contributed by atoms with E-state index in [0.29, 0.717) is 27.9 Å². The van der Waals surface area contributed by atoms with Crippen molar-refractivity contribution in [2.45, 2.75) is 19.5 Å². The minimum atomic E-state index is -4.44. The van der Waals surface area contributed by atoms with Gasteiger partial charge in [0, 0.05) is 11.8 Å². The summed E-state index contributed by atoms with van der Waals surface area (Å²) >= 11 is 0. The number of aromatic amines is 1. The quantitative estimate of drug-likeness (QED) is 0.316. The average molecular weight is 411 g/mol. The maximum Gasteiger partial charge on any atom is 0.393 e. The third kappa shape index (κ3) is 4.10. The fourth-order valence-corrected chi connectivity index (χ4v) is 3.46. The predicted octanol–water partition coefficient (Wildman–Crippen LogP) is 6.32. The Balaban J connectivity index is 2.06. The molecule has 2 aromatic carbocycles. The van der Waals surface area contributed by atoms with Crippen LogP contribution in [0.25, 0.3) is 22.0 Å². The van der Waals surface area contributed by atoms with E-state index < -0.39 is 18.5 Å². The van der Waals surface area contributed by atoms with Crippen molar-refractivity contribution in [2.75, 3.05) is 0 Å². The van der Waals surface area contributed by atoms with E-state index in [0.717, 1.165) is 5.56 Å². The maximum absolute atomic E-state index is 14.1. The van der Waals surface area contributed by atoms with Crippen LogP contribution in [-0.4, -0.2) is 21.4 Å². The van der Waals surface area contributed by atoms with Crippen LogP contribution in [0.1, 0.15) is 28.8 Å². The lowest BCUT2D eigenvalue weighted by molar-refractivity contribution is -0.122. The van der Waals surface area contributed by atoms with Crippen molar-refractivity contribution in [2.24, 2.45) is 0 Å². The monoisotopic (exact) mass is 411 g/mol. The maximum atomic E-state index is 14.1. The Morgan fingerprint density at radius 2 is 1.73 bits per heavy atom. The van der Waals surface area contributed by atoms with Gasteiger partial charge in [-0.2, -0.15) is 17.6 Å². The minimum Gasteiger partial charge on any atom is -0.275 e. The van der Waals surface area contributed by atoms with E-state index in [4.69, 9.17) is 0 Å². The van der Waals surface area contributed by atoms with Gasteiger partial charge >= 0.3 is 6.18 Å². The standard InChI is InChI=1S/C23H17F4N3/c1-14-9-10-28-20(11-14)21(16-7-8-19-17(12-16)22(24)30-29-19)18(13-23(25,26)27)15-5-3-2-4-6-15/h2-12H,13H2,1H3,(H,29,30)/b21-18-. The molecule has 0 saturated carbocycles. The van der Waals surface area contributed by atoms with E-state index in [-0.39, 0.29) is 11.0 Å². The van der Waals surface area contributed by atoms with Gasteiger partial charge in [-0.3, -0.25) is 10.1 Å². The Bertz CT molecular complexity index is 1220. The minimum absolute atomic E-state index is 0.0736. The number of pyridine rings is 1. The lowest BCUT2D eigenvalue weighted by Crippen LogP contribution is -2.10. The van der Waals surface area contributed by atoms with E-state index in [2.05, 4.69) is 15.2 Å². The Labute approximate surface area is 170 Å². The molecule has 1 N–H and O–H groups in total. The predicted molar refractivity (Wildman–Crippen MR) is 108 cm³/mol. The summed E-state index contributed by atoms with van der Waals surface area (Å²) < 4.78 is 54.9. The van der Waals surface area contributed by atoms with Crippen molar-refractivity contribution in [3.63, 3.8) is 0 Å². The fraction of sp³-hybridized carbons (Fsp3) is 0.130. The third-order valence-corrected chi connectivity index (χ3v) is 4.78. The second kappa shape index (κ2) is 7.74. The van der Waals surface area contributed by atoms with Gasteiger partial charge < -0.3 is 0 Å². The number of halogens is 4. The number of alkyl halides is 3. The van der Waals surface area contributed by atoms with E-state index in [1.54, 1.807) is 60.8 Å². The number of H-pyrrole nitrogens is 1. The first-order valence-electron chi connectivity index (χ1n) is 9.24. The van der Waals surface area contributed by atoms with E-state index in [1.165, 1.54) is 6.07 Å². The molecule has 4 rings (SSSR count). The van der Waals surface area contributed by atoms with Gasteiger partial charge in [0.15, 0.2) is 0 Å². The number of benzene rings is 2. The highest BCUT2D eigenvalue weighted by molar-refractivity contribution is 5.99. The van der Waals surface area contributed by atoms with Crippen molar-refractivity contribution in [1.82, 2.24) is 15.2 Å². The molecule has 0 aliphatic heterocycles. The molecule has 2 aromatic heterocycles. The number of aryl methyl sites for hydroxylation is 1. The van der Waals surface area contributed by atoms with Crippen molar-refractivity contribution < 1.29 is 17.6 Å². The van der Waals surface area contributed by atoms with E-state index in [1.807, 2.05) is 6.92 Å². The number of hydrogen-bond donors (Lipinski definition) is 1. The largest absolute Gasteiger partial charge is 0.393 e. The molecule has 4 aromatic rings. The topological polar surface area (TPSA) is 41.6 Å².